The lowest BCUT2D eigenvalue weighted by Crippen LogP contribution is -2.11. The topological polar surface area (TPSA) is 38.3 Å². The van der Waals surface area contributed by atoms with Gasteiger partial charge < -0.3 is 10.1 Å². The van der Waals surface area contributed by atoms with Gasteiger partial charge in [0.05, 0.1) is 6.61 Å². The molecule has 2 rings (SSSR count). The third-order valence-corrected chi connectivity index (χ3v) is 2.51. The Morgan fingerprint density at radius 3 is 2.58 bits per heavy atom. The average molecular weight is 259 g/mol. The summed E-state index contributed by atoms with van der Waals surface area (Å²) in [7, 11) is 0. The predicted octanol–water partition coefficient (Wildman–Crippen LogP) is 3.48. The van der Waals surface area contributed by atoms with Crippen molar-refractivity contribution in [3.05, 3.63) is 59.9 Å². The Balaban J connectivity index is 2.07. The van der Waals surface area contributed by atoms with E-state index in [9.17, 15) is 9.18 Å². The zero-order chi connectivity index (χ0) is 13.7. The first-order chi connectivity index (χ1) is 9.19. The second-order valence-corrected chi connectivity index (χ2v) is 3.92. The van der Waals surface area contributed by atoms with E-state index < -0.39 is 0 Å². The second kappa shape index (κ2) is 6.00. The van der Waals surface area contributed by atoms with Gasteiger partial charge in [-0.1, -0.05) is 6.07 Å². The highest BCUT2D eigenvalue weighted by atomic mass is 19.1. The molecular weight excluding hydrogens is 245 g/mol. The van der Waals surface area contributed by atoms with Crippen molar-refractivity contribution in [2.75, 3.05) is 11.9 Å². The van der Waals surface area contributed by atoms with Crippen LogP contribution in [0.25, 0.3) is 0 Å². The number of rotatable bonds is 4. The predicted molar refractivity (Wildman–Crippen MR) is 72.0 cm³/mol. The normalized spacial score (nSPS) is 10.0. The lowest BCUT2D eigenvalue weighted by molar-refractivity contribution is 0.102. The summed E-state index contributed by atoms with van der Waals surface area (Å²) in [5.41, 5.74) is 0.923. The fraction of sp³-hybridized carbons (Fsp3) is 0.133. The fourth-order valence-electron chi connectivity index (χ4n) is 1.64. The largest absolute Gasteiger partial charge is 0.494 e. The van der Waals surface area contributed by atoms with Crippen LogP contribution in [0.5, 0.6) is 5.75 Å². The molecule has 2 aromatic carbocycles. The van der Waals surface area contributed by atoms with Crippen LogP contribution in [0.15, 0.2) is 48.5 Å². The Morgan fingerprint density at radius 1 is 1.21 bits per heavy atom. The van der Waals surface area contributed by atoms with Crippen molar-refractivity contribution in [1.29, 1.82) is 0 Å². The molecule has 0 bridgehead atoms. The van der Waals surface area contributed by atoms with Gasteiger partial charge in [0.2, 0.25) is 0 Å². The van der Waals surface area contributed by atoms with Crippen molar-refractivity contribution in [3.63, 3.8) is 0 Å². The first kappa shape index (κ1) is 13.1. The summed E-state index contributed by atoms with van der Waals surface area (Å²) < 4.78 is 18.3. The maximum absolute atomic E-state index is 13.0. The summed E-state index contributed by atoms with van der Waals surface area (Å²) in [5.74, 6) is 0.0444. The van der Waals surface area contributed by atoms with Crippen LogP contribution in [0.1, 0.15) is 17.3 Å². The highest BCUT2D eigenvalue weighted by Gasteiger charge is 2.06. The van der Waals surface area contributed by atoms with Gasteiger partial charge in [-0.15, -0.1) is 0 Å². The number of carbonyl (C=O) groups is 1. The first-order valence-corrected chi connectivity index (χ1v) is 5.99. The molecular formula is C15H14FNO2. The van der Waals surface area contributed by atoms with Gasteiger partial charge in [0.15, 0.2) is 0 Å². The fourth-order valence-corrected chi connectivity index (χ4v) is 1.64. The van der Waals surface area contributed by atoms with Gasteiger partial charge in [-0.05, 0) is 49.4 Å². The Morgan fingerprint density at radius 2 is 1.95 bits per heavy atom. The minimum atomic E-state index is -0.385. The van der Waals surface area contributed by atoms with E-state index in [4.69, 9.17) is 4.74 Å². The van der Waals surface area contributed by atoms with Crippen LogP contribution >= 0.6 is 0 Å². The summed E-state index contributed by atoms with van der Waals surface area (Å²) in [6.45, 7) is 2.47. The van der Waals surface area contributed by atoms with E-state index in [0.717, 1.165) is 0 Å². The molecule has 19 heavy (non-hydrogen) atoms. The van der Waals surface area contributed by atoms with Gasteiger partial charge in [-0.25, -0.2) is 4.39 Å². The van der Waals surface area contributed by atoms with Gasteiger partial charge >= 0.3 is 0 Å². The zero-order valence-electron chi connectivity index (χ0n) is 10.5. The molecule has 2 aromatic rings. The highest BCUT2D eigenvalue weighted by molar-refractivity contribution is 6.04. The van der Waals surface area contributed by atoms with E-state index in [1.807, 2.05) is 6.92 Å². The molecule has 0 unspecified atom stereocenters. The van der Waals surface area contributed by atoms with Crippen molar-refractivity contribution >= 4 is 11.6 Å². The number of anilines is 1. The summed E-state index contributed by atoms with van der Waals surface area (Å²) in [6, 6.07) is 12.6. The molecule has 1 amide bonds. The quantitative estimate of drug-likeness (QED) is 0.912. The maximum atomic E-state index is 13.0. The molecule has 0 aromatic heterocycles. The Labute approximate surface area is 111 Å². The lowest BCUT2D eigenvalue weighted by Gasteiger charge is -2.06. The number of amides is 1. The molecule has 0 heterocycles. The third-order valence-electron chi connectivity index (χ3n) is 2.51. The SMILES string of the molecule is CCOc1ccc(C(=O)Nc2cccc(F)c2)cc1. The number of ether oxygens (including phenoxy) is 1. The van der Waals surface area contributed by atoms with E-state index in [1.165, 1.54) is 12.1 Å². The van der Waals surface area contributed by atoms with Gasteiger partial charge in [-0.3, -0.25) is 4.79 Å². The van der Waals surface area contributed by atoms with Crippen LogP contribution in [0, 0.1) is 5.82 Å². The van der Waals surface area contributed by atoms with Crippen molar-refractivity contribution in [2.24, 2.45) is 0 Å². The van der Waals surface area contributed by atoms with Crippen LogP contribution in [-0.2, 0) is 0 Å². The summed E-state index contributed by atoms with van der Waals surface area (Å²) in [6.07, 6.45) is 0. The maximum Gasteiger partial charge on any atom is 0.255 e. The molecule has 0 spiro atoms. The van der Waals surface area contributed by atoms with E-state index in [1.54, 1.807) is 36.4 Å². The Bertz CT molecular complexity index is 567. The summed E-state index contributed by atoms with van der Waals surface area (Å²) in [4.78, 5) is 11.9. The van der Waals surface area contributed by atoms with Crippen molar-refractivity contribution < 1.29 is 13.9 Å². The number of hydrogen-bond donors (Lipinski definition) is 1. The standard InChI is InChI=1S/C15H14FNO2/c1-2-19-14-8-6-11(7-9-14)15(18)17-13-5-3-4-12(16)10-13/h3-10H,2H2,1H3,(H,17,18). The summed E-state index contributed by atoms with van der Waals surface area (Å²) >= 11 is 0. The van der Waals surface area contributed by atoms with Crippen LogP contribution in [0.3, 0.4) is 0 Å². The van der Waals surface area contributed by atoms with Gasteiger partial charge in [-0.2, -0.15) is 0 Å². The smallest absolute Gasteiger partial charge is 0.255 e. The average Bonchev–Trinajstić information content (AvgIpc) is 2.40. The second-order valence-electron chi connectivity index (χ2n) is 3.92. The van der Waals surface area contributed by atoms with E-state index in [-0.39, 0.29) is 11.7 Å². The number of halogens is 1. The van der Waals surface area contributed by atoms with Crippen molar-refractivity contribution in [3.8, 4) is 5.75 Å². The Hall–Kier alpha value is -2.36. The zero-order valence-corrected chi connectivity index (χ0v) is 10.5. The molecule has 1 N–H and O–H groups in total. The van der Waals surface area contributed by atoms with Crippen molar-refractivity contribution in [1.82, 2.24) is 0 Å². The van der Waals surface area contributed by atoms with Gasteiger partial charge in [0.25, 0.3) is 5.91 Å². The molecule has 0 saturated heterocycles. The molecule has 0 aliphatic rings. The van der Waals surface area contributed by atoms with Crippen LogP contribution in [-0.4, -0.2) is 12.5 Å². The van der Waals surface area contributed by atoms with Crippen LogP contribution in [0.4, 0.5) is 10.1 Å². The number of hydrogen-bond acceptors (Lipinski definition) is 2. The molecule has 3 nitrogen and oxygen atoms in total. The van der Waals surface area contributed by atoms with E-state index in [2.05, 4.69) is 5.32 Å². The minimum Gasteiger partial charge on any atom is -0.494 e. The van der Waals surface area contributed by atoms with Crippen LogP contribution in [0.2, 0.25) is 0 Å². The molecule has 0 aliphatic heterocycles. The molecule has 0 atom stereocenters. The Kier molecular flexibility index (Phi) is 4.13. The minimum absolute atomic E-state index is 0.284. The summed E-state index contributed by atoms with van der Waals surface area (Å²) in [5, 5.41) is 2.63. The number of carbonyl (C=O) groups excluding carboxylic acids is 1. The lowest BCUT2D eigenvalue weighted by atomic mass is 10.2. The van der Waals surface area contributed by atoms with E-state index in [0.29, 0.717) is 23.6 Å². The number of benzene rings is 2. The monoisotopic (exact) mass is 259 g/mol. The van der Waals surface area contributed by atoms with Gasteiger partial charge in [0.1, 0.15) is 11.6 Å². The van der Waals surface area contributed by atoms with Gasteiger partial charge in [0, 0.05) is 11.3 Å². The van der Waals surface area contributed by atoms with Crippen LogP contribution < -0.4 is 10.1 Å². The molecule has 4 heteroatoms. The molecule has 0 fully saturated rings. The number of nitrogens with one attached hydrogen (secondary N) is 1. The first-order valence-electron chi connectivity index (χ1n) is 5.99. The molecule has 0 saturated carbocycles. The van der Waals surface area contributed by atoms with Crippen molar-refractivity contribution in [2.45, 2.75) is 6.92 Å². The molecule has 0 radical (unpaired) electrons. The third kappa shape index (κ3) is 3.55. The van der Waals surface area contributed by atoms with E-state index >= 15 is 0 Å². The molecule has 98 valence electrons. The molecule has 0 aliphatic carbocycles. The highest BCUT2D eigenvalue weighted by Crippen LogP contribution is 2.14.